The second kappa shape index (κ2) is 5.77. The molecule has 2 aromatic rings. The van der Waals surface area contributed by atoms with E-state index in [9.17, 15) is 17.6 Å². The van der Waals surface area contributed by atoms with Crippen LogP contribution in [0.5, 0.6) is 0 Å². The van der Waals surface area contributed by atoms with Gasteiger partial charge < -0.3 is 5.73 Å². The average Bonchev–Trinajstić information content (AvgIpc) is 2.39. The summed E-state index contributed by atoms with van der Waals surface area (Å²) in [5.41, 5.74) is 6.66. The second-order valence-corrected chi connectivity index (χ2v) is 5.49. The van der Waals surface area contributed by atoms with Crippen LogP contribution in [0.15, 0.2) is 40.9 Å². The zero-order valence-corrected chi connectivity index (χ0v) is 12.6. The van der Waals surface area contributed by atoms with Gasteiger partial charge in [0.15, 0.2) is 0 Å². The molecule has 0 aliphatic rings. The van der Waals surface area contributed by atoms with Gasteiger partial charge in [-0.05, 0) is 35.7 Å². The number of hydrogen-bond acceptors (Lipinski definition) is 1. The average molecular weight is 362 g/mol. The lowest BCUT2D eigenvalue weighted by molar-refractivity contribution is -0.140. The maximum atomic E-state index is 13.6. The standard InChI is InChI=1S/C15H12BrF4N/c1-8-3-2-4-10(13(8)16)14(21)9-5-6-11(12(17)7-9)15(18,19)20/h2-7,14H,21H2,1H3. The van der Waals surface area contributed by atoms with Crippen LogP contribution in [0, 0.1) is 12.7 Å². The molecule has 0 radical (unpaired) electrons. The van der Waals surface area contributed by atoms with Crippen LogP contribution >= 0.6 is 15.9 Å². The van der Waals surface area contributed by atoms with E-state index < -0.39 is 23.6 Å². The first-order chi connectivity index (χ1) is 9.71. The Kier molecular flexibility index (Phi) is 4.39. The molecule has 1 unspecified atom stereocenters. The van der Waals surface area contributed by atoms with E-state index in [0.717, 1.165) is 16.1 Å². The van der Waals surface area contributed by atoms with Crippen molar-refractivity contribution in [3.8, 4) is 0 Å². The third-order valence-corrected chi connectivity index (χ3v) is 4.30. The molecule has 0 amide bonds. The van der Waals surface area contributed by atoms with Gasteiger partial charge in [0.1, 0.15) is 5.82 Å². The SMILES string of the molecule is Cc1cccc(C(N)c2ccc(C(F)(F)F)c(F)c2)c1Br. The van der Waals surface area contributed by atoms with E-state index in [-0.39, 0.29) is 5.56 Å². The number of benzene rings is 2. The van der Waals surface area contributed by atoms with Crippen LogP contribution in [0.1, 0.15) is 28.3 Å². The summed E-state index contributed by atoms with van der Waals surface area (Å²) in [5, 5.41) is 0. The van der Waals surface area contributed by atoms with Gasteiger partial charge in [0.2, 0.25) is 0 Å². The fraction of sp³-hybridized carbons (Fsp3) is 0.200. The number of alkyl halides is 3. The lowest BCUT2D eigenvalue weighted by Crippen LogP contribution is -2.15. The first-order valence-corrected chi connectivity index (χ1v) is 6.88. The van der Waals surface area contributed by atoms with Crippen molar-refractivity contribution < 1.29 is 17.6 Å². The Hall–Kier alpha value is -1.40. The van der Waals surface area contributed by atoms with E-state index in [4.69, 9.17) is 5.73 Å². The predicted octanol–water partition coefficient (Wildman–Crippen LogP) is 4.96. The fourth-order valence-corrected chi connectivity index (χ4v) is 2.56. The minimum Gasteiger partial charge on any atom is -0.320 e. The predicted molar refractivity (Wildman–Crippen MR) is 76.3 cm³/mol. The first-order valence-electron chi connectivity index (χ1n) is 6.09. The van der Waals surface area contributed by atoms with Crippen molar-refractivity contribution in [1.82, 2.24) is 0 Å². The van der Waals surface area contributed by atoms with Crippen LogP contribution in [0.3, 0.4) is 0 Å². The Morgan fingerprint density at radius 1 is 1.14 bits per heavy atom. The van der Waals surface area contributed by atoms with Crippen molar-refractivity contribution in [3.63, 3.8) is 0 Å². The smallest absolute Gasteiger partial charge is 0.320 e. The van der Waals surface area contributed by atoms with E-state index in [1.807, 2.05) is 13.0 Å². The Morgan fingerprint density at radius 2 is 1.81 bits per heavy atom. The van der Waals surface area contributed by atoms with Gasteiger partial charge in [-0.1, -0.05) is 40.2 Å². The summed E-state index contributed by atoms with van der Waals surface area (Å²) < 4.78 is 52.0. The molecule has 6 heteroatoms. The van der Waals surface area contributed by atoms with Crippen LogP contribution in [0.25, 0.3) is 0 Å². The Balaban J connectivity index is 2.43. The molecule has 1 atom stereocenters. The second-order valence-electron chi connectivity index (χ2n) is 4.69. The van der Waals surface area contributed by atoms with Crippen molar-refractivity contribution in [1.29, 1.82) is 0 Å². The van der Waals surface area contributed by atoms with Gasteiger partial charge in [-0.25, -0.2) is 4.39 Å². The van der Waals surface area contributed by atoms with Gasteiger partial charge in [0.25, 0.3) is 0 Å². The molecule has 0 saturated heterocycles. The molecule has 2 aromatic carbocycles. The summed E-state index contributed by atoms with van der Waals surface area (Å²) in [6.45, 7) is 1.87. The quantitative estimate of drug-likeness (QED) is 0.751. The summed E-state index contributed by atoms with van der Waals surface area (Å²) in [7, 11) is 0. The van der Waals surface area contributed by atoms with Crippen LogP contribution in [-0.2, 0) is 6.18 Å². The van der Waals surface area contributed by atoms with E-state index in [1.165, 1.54) is 6.07 Å². The number of rotatable bonds is 2. The first kappa shape index (κ1) is 16.0. The summed E-state index contributed by atoms with van der Waals surface area (Å²) >= 11 is 3.39. The van der Waals surface area contributed by atoms with Crippen molar-refractivity contribution >= 4 is 15.9 Å². The molecule has 0 aromatic heterocycles. The van der Waals surface area contributed by atoms with Crippen LogP contribution in [0.4, 0.5) is 17.6 Å². The highest BCUT2D eigenvalue weighted by Crippen LogP contribution is 2.34. The summed E-state index contributed by atoms with van der Waals surface area (Å²) in [4.78, 5) is 0. The molecular formula is C15H12BrF4N. The Bertz CT molecular complexity index is 667. The van der Waals surface area contributed by atoms with Gasteiger partial charge in [0.05, 0.1) is 11.6 Å². The summed E-state index contributed by atoms with van der Waals surface area (Å²) in [6.07, 6.45) is -4.71. The van der Waals surface area contributed by atoms with Crippen LogP contribution < -0.4 is 5.73 Å². The van der Waals surface area contributed by atoms with Crippen molar-refractivity contribution in [2.45, 2.75) is 19.1 Å². The highest BCUT2D eigenvalue weighted by atomic mass is 79.9. The number of nitrogens with two attached hydrogens (primary N) is 1. The van der Waals surface area contributed by atoms with Gasteiger partial charge in [-0.3, -0.25) is 0 Å². The van der Waals surface area contributed by atoms with E-state index in [2.05, 4.69) is 15.9 Å². The van der Waals surface area contributed by atoms with Gasteiger partial charge in [-0.15, -0.1) is 0 Å². The lowest BCUT2D eigenvalue weighted by Gasteiger charge is -2.17. The molecule has 0 aliphatic carbocycles. The molecule has 21 heavy (non-hydrogen) atoms. The normalized spacial score (nSPS) is 13.3. The Labute approximate surface area is 127 Å². The maximum Gasteiger partial charge on any atom is 0.419 e. The molecule has 112 valence electrons. The number of hydrogen-bond donors (Lipinski definition) is 1. The Morgan fingerprint density at radius 3 is 2.38 bits per heavy atom. The molecule has 0 heterocycles. The highest BCUT2D eigenvalue weighted by Gasteiger charge is 2.34. The molecule has 0 spiro atoms. The van der Waals surface area contributed by atoms with Crippen LogP contribution in [-0.4, -0.2) is 0 Å². The van der Waals surface area contributed by atoms with E-state index in [0.29, 0.717) is 11.6 Å². The van der Waals surface area contributed by atoms with Gasteiger partial charge in [0, 0.05) is 4.47 Å². The largest absolute Gasteiger partial charge is 0.419 e. The molecular weight excluding hydrogens is 350 g/mol. The third kappa shape index (κ3) is 3.27. The third-order valence-electron chi connectivity index (χ3n) is 3.21. The van der Waals surface area contributed by atoms with Crippen molar-refractivity contribution in [3.05, 3.63) is 68.9 Å². The summed E-state index contributed by atoms with van der Waals surface area (Å²) in [6, 6.07) is 7.44. The molecule has 2 rings (SSSR count). The zero-order valence-electron chi connectivity index (χ0n) is 11.0. The molecule has 0 bridgehead atoms. The maximum absolute atomic E-state index is 13.6. The van der Waals surface area contributed by atoms with Crippen LogP contribution in [0.2, 0.25) is 0 Å². The number of halogens is 5. The van der Waals surface area contributed by atoms with E-state index in [1.54, 1.807) is 12.1 Å². The highest BCUT2D eigenvalue weighted by molar-refractivity contribution is 9.10. The minimum atomic E-state index is -4.71. The van der Waals surface area contributed by atoms with Crippen molar-refractivity contribution in [2.24, 2.45) is 5.73 Å². The fourth-order valence-electron chi connectivity index (χ4n) is 2.04. The minimum absolute atomic E-state index is 0.284. The number of aryl methyl sites for hydroxylation is 1. The summed E-state index contributed by atoms with van der Waals surface area (Å²) in [5.74, 6) is -1.32. The zero-order chi connectivity index (χ0) is 15.8. The molecule has 0 aliphatic heterocycles. The van der Waals surface area contributed by atoms with Gasteiger partial charge in [-0.2, -0.15) is 13.2 Å². The molecule has 0 saturated carbocycles. The molecule has 2 N–H and O–H groups in total. The monoisotopic (exact) mass is 361 g/mol. The molecule has 1 nitrogen and oxygen atoms in total. The van der Waals surface area contributed by atoms with Gasteiger partial charge >= 0.3 is 6.18 Å². The molecule has 0 fully saturated rings. The van der Waals surface area contributed by atoms with E-state index >= 15 is 0 Å². The lowest BCUT2D eigenvalue weighted by atomic mass is 9.97. The topological polar surface area (TPSA) is 26.0 Å². The van der Waals surface area contributed by atoms with Crippen molar-refractivity contribution in [2.75, 3.05) is 0 Å².